The Hall–Kier alpha value is -2.87. The van der Waals surface area contributed by atoms with Crippen molar-refractivity contribution < 1.29 is 24.2 Å². The molecule has 0 radical (unpaired) electrons. The van der Waals surface area contributed by atoms with Crippen LogP contribution in [0.1, 0.15) is 69.7 Å². The molecule has 0 saturated heterocycles. The third kappa shape index (κ3) is 9.55. The summed E-state index contributed by atoms with van der Waals surface area (Å²) in [6, 6.07) is 3.47. The van der Waals surface area contributed by atoms with E-state index in [2.05, 4.69) is 24.1 Å². The lowest BCUT2D eigenvalue weighted by Gasteiger charge is -2.33. The topological polar surface area (TPSA) is 108 Å². The standard InChI is InChI=1S/C26H41N3O5/c1-8-10-11-12-27-23(31)22(20-15-18(3)14-19(4)16-20)29(13-9-2)24(32)21(17-30)28-25(33)34-26(5,6)7/h9,14-16,21-22,30H,2,8,10-13,17H2,1,3-7H3,(H,27,31)(H,28,33). The van der Waals surface area contributed by atoms with Crippen LogP contribution in [0.25, 0.3) is 0 Å². The number of alkyl carbamates (subject to hydrolysis) is 1. The number of nitrogens with one attached hydrogen (secondary N) is 2. The van der Waals surface area contributed by atoms with Crippen molar-refractivity contribution in [1.82, 2.24) is 15.5 Å². The molecule has 0 fully saturated rings. The first-order valence-corrected chi connectivity index (χ1v) is 11.8. The molecule has 0 aliphatic heterocycles. The highest BCUT2D eigenvalue weighted by molar-refractivity contribution is 5.92. The maximum absolute atomic E-state index is 13.5. The van der Waals surface area contributed by atoms with Gasteiger partial charge >= 0.3 is 6.09 Å². The molecular weight excluding hydrogens is 434 g/mol. The van der Waals surface area contributed by atoms with Gasteiger partial charge in [0, 0.05) is 13.1 Å². The van der Waals surface area contributed by atoms with E-state index in [-0.39, 0.29) is 12.5 Å². The molecule has 34 heavy (non-hydrogen) atoms. The minimum atomic E-state index is -1.28. The van der Waals surface area contributed by atoms with Gasteiger partial charge in [-0.15, -0.1) is 6.58 Å². The maximum Gasteiger partial charge on any atom is 0.408 e. The van der Waals surface area contributed by atoms with Gasteiger partial charge in [0.25, 0.3) is 0 Å². The zero-order valence-electron chi connectivity index (χ0n) is 21.4. The molecule has 1 rings (SSSR count). The van der Waals surface area contributed by atoms with Gasteiger partial charge in [0.05, 0.1) is 6.61 Å². The van der Waals surface area contributed by atoms with Crippen molar-refractivity contribution in [2.75, 3.05) is 19.7 Å². The van der Waals surface area contributed by atoms with Crippen molar-refractivity contribution in [1.29, 1.82) is 0 Å². The van der Waals surface area contributed by atoms with Crippen LogP contribution in [0.15, 0.2) is 30.9 Å². The van der Waals surface area contributed by atoms with Gasteiger partial charge in [0.15, 0.2) is 0 Å². The largest absolute Gasteiger partial charge is 0.444 e. The summed E-state index contributed by atoms with van der Waals surface area (Å²) in [7, 11) is 0. The Bertz CT molecular complexity index is 827. The fourth-order valence-corrected chi connectivity index (χ4v) is 3.62. The zero-order chi connectivity index (χ0) is 25.9. The monoisotopic (exact) mass is 475 g/mol. The molecule has 0 aromatic heterocycles. The van der Waals surface area contributed by atoms with Crippen LogP contribution in [-0.2, 0) is 14.3 Å². The van der Waals surface area contributed by atoms with Crippen LogP contribution in [0, 0.1) is 13.8 Å². The quantitative estimate of drug-likeness (QED) is 0.316. The van der Waals surface area contributed by atoms with Crippen molar-refractivity contribution in [2.24, 2.45) is 0 Å². The van der Waals surface area contributed by atoms with Crippen LogP contribution in [0.5, 0.6) is 0 Å². The highest BCUT2D eigenvalue weighted by Gasteiger charge is 2.35. The molecule has 1 aromatic carbocycles. The smallest absolute Gasteiger partial charge is 0.408 e. The zero-order valence-corrected chi connectivity index (χ0v) is 21.4. The first-order chi connectivity index (χ1) is 15.9. The van der Waals surface area contributed by atoms with Crippen molar-refractivity contribution in [3.63, 3.8) is 0 Å². The number of hydrogen-bond donors (Lipinski definition) is 3. The average Bonchev–Trinajstić information content (AvgIpc) is 2.72. The summed E-state index contributed by atoms with van der Waals surface area (Å²) in [4.78, 5) is 40.4. The summed E-state index contributed by atoms with van der Waals surface area (Å²) >= 11 is 0. The molecule has 3 N–H and O–H groups in total. The Kier molecular flexibility index (Phi) is 11.8. The second-order valence-electron chi connectivity index (χ2n) is 9.48. The second-order valence-corrected chi connectivity index (χ2v) is 9.48. The van der Waals surface area contributed by atoms with Crippen LogP contribution in [-0.4, -0.2) is 59.3 Å². The summed E-state index contributed by atoms with van der Waals surface area (Å²) in [5, 5.41) is 15.3. The summed E-state index contributed by atoms with van der Waals surface area (Å²) in [5.41, 5.74) is 1.79. The molecule has 0 heterocycles. The second kappa shape index (κ2) is 13.7. The molecule has 0 aliphatic carbocycles. The number of nitrogens with zero attached hydrogens (tertiary/aromatic N) is 1. The van der Waals surface area contributed by atoms with E-state index in [1.807, 2.05) is 32.0 Å². The Labute approximate surface area is 203 Å². The van der Waals surface area contributed by atoms with Gasteiger partial charge in [-0.3, -0.25) is 9.59 Å². The van der Waals surface area contributed by atoms with Crippen molar-refractivity contribution >= 4 is 17.9 Å². The number of ether oxygens (including phenoxy) is 1. The Morgan fingerprint density at radius 2 is 1.76 bits per heavy atom. The highest BCUT2D eigenvalue weighted by Crippen LogP contribution is 2.25. The number of carbonyl (C=O) groups excluding carboxylic acids is 3. The lowest BCUT2D eigenvalue weighted by molar-refractivity contribution is -0.142. The molecule has 0 aliphatic rings. The highest BCUT2D eigenvalue weighted by atomic mass is 16.6. The normalized spacial score (nSPS) is 12.9. The van der Waals surface area contributed by atoms with Gasteiger partial charge in [0.2, 0.25) is 11.8 Å². The van der Waals surface area contributed by atoms with Crippen molar-refractivity contribution in [2.45, 2.75) is 78.5 Å². The molecule has 0 bridgehead atoms. The van der Waals surface area contributed by atoms with E-state index in [0.717, 1.165) is 30.4 Å². The van der Waals surface area contributed by atoms with E-state index in [0.29, 0.717) is 12.1 Å². The molecule has 190 valence electrons. The summed E-state index contributed by atoms with van der Waals surface area (Å²) < 4.78 is 5.23. The van der Waals surface area contributed by atoms with E-state index < -0.39 is 36.3 Å². The number of aliphatic hydroxyl groups is 1. The van der Waals surface area contributed by atoms with Crippen LogP contribution in [0.4, 0.5) is 4.79 Å². The third-order valence-electron chi connectivity index (χ3n) is 4.98. The predicted octanol–water partition coefficient (Wildman–Crippen LogP) is 3.55. The van der Waals surface area contributed by atoms with E-state index >= 15 is 0 Å². The SMILES string of the molecule is C=CCN(C(=O)C(CO)NC(=O)OC(C)(C)C)C(C(=O)NCCCCC)c1cc(C)cc(C)c1. The van der Waals surface area contributed by atoms with Gasteiger partial charge in [0.1, 0.15) is 17.7 Å². The molecule has 2 atom stereocenters. The Morgan fingerprint density at radius 1 is 1.15 bits per heavy atom. The number of rotatable bonds is 12. The number of hydrogen-bond acceptors (Lipinski definition) is 5. The number of aliphatic hydroxyl groups excluding tert-OH is 1. The molecular formula is C26H41N3O5. The first kappa shape index (κ1) is 29.2. The third-order valence-corrected chi connectivity index (χ3v) is 4.98. The molecule has 1 aromatic rings. The number of carbonyl (C=O) groups is 3. The minimum Gasteiger partial charge on any atom is -0.444 e. The summed E-state index contributed by atoms with van der Waals surface area (Å²) in [6.45, 7) is 14.6. The summed E-state index contributed by atoms with van der Waals surface area (Å²) in [6.07, 6.45) is 3.52. The van der Waals surface area contributed by atoms with Crippen LogP contribution in [0.2, 0.25) is 0 Å². The predicted molar refractivity (Wildman–Crippen MR) is 133 cm³/mol. The van der Waals surface area contributed by atoms with Gasteiger partial charge < -0.3 is 25.4 Å². The molecule has 8 heteroatoms. The van der Waals surface area contributed by atoms with E-state index in [4.69, 9.17) is 4.74 Å². The minimum absolute atomic E-state index is 0.0470. The molecule has 0 spiro atoms. The molecule has 2 unspecified atom stereocenters. The molecule has 0 saturated carbocycles. The van der Waals surface area contributed by atoms with Gasteiger partial charge in [-0.2, -0.15) is 0 Å². The molecule has 3 amide bonds. The Morgan fingerprint density at radius 3 is 2.26 bits per heavy atom. The molecule has 8 nitrogen and oxygen atoms in total. The number of benzene rings is 1. The Balaban J connectivity index is 3.32. The first-order valence-electron chi connectivity index (χ1n) is 11.8. The lowest BCUT2D eigenvalue weighted by Crippen LogP contribution is -2.54. The van der Waals surface area contributed by atoms with Gasteiger partial charge in [-0.25, -0.2) is 4.79 Å². The van der Waals surface area contributed by atoms with Crippen LogP contribution in [0.3, 0.4) is 0 Å². The van der Waals surface area contributed by atoms with Gasteiger partial charge in [-0.1, -0.05) is 55.2 Å². The fraction of sp³-hybridized carbons (Fsp3) is 0.577. The van der Waals surface area contributed by atoms with E-state index in [1.54, 1.807) is 20.8 Å². The van der Waals surface area contributed by atoms with Crippen LogP contribution < -0.4 is 10.6 Å². The lowest BCUT2D eigenvalue weighted by atomic mass is 9.98. The van der Waals surface area contributed by atoms with Crippen LogP contribution >= 0.6 is 0 Å². The number of aryl methyl sites for hydroxylation is 2. The van der Waals surface area contributed by atoms with E-state index in [1.165, 1.54) is 11.0 Å². The average molecular weight is 476 g/mol. The van der Waals surface area contributed by atoms with E-state index in [9.17, 15) is 19.5 Å². The summed E-state index contributed by atoms with van der Waals surface area (Å²) in [5.74, 6) is -0.939. The number of amides is 3. The van der Waals surface area contributed by atoms with Gasteiger partial charge in [-0.05, 0) is 46.6 Å². The fourth-order valence-electron chi connectivity index (χ4n) is 3.62. The maximum atomic E-state index is 13.5. The van der Waals surface area contributed by atoms with Crippen molar-refractivity contribution in [3.05, 3.63) is 47.5 Å². The number of unbranched alkanes of at least 4 members (excludes halogenated alkanes) is 2. The van der Waals surface area contributed by atoms with Crippen molar-refractivity contribution in [3.8, 4) is 0 Å².